The molecule has 1 saturated carbocycles. The van der Waals surface area contributed by atoms with Crippen LogP contribution in [-0.2, 0) is 0 Å². The van der Waals surface area contributed by atoms with Gasteiger partial charge in [-0.15, -0.1) is 0 Å². The average molecular weight is 198 g/mol. The summed E-state index contributed by atoms with van der Waals surface area (Å²) in [7, 11) is 0. The molecule has 1 atom stereocenters. The number of likely N-dealkylation sites (N-methyl/N-ethyl adjacent to an activating group) is 1. The van der Waals surface area contributed by atoms with Crippen LogP contribution in [0.15, 0.2) is 0 Å². The van der Waals surface area contributed by atoms with E-state index in [2.05, 4.69) is 31.0 Å². The van der Waals surface area contributed by atoms with Gasteiger partial charge in [-0.05, 0) is 25.3 Å². The Labute approximate surface area is 89.1 Å². The van der Waals surface area contributed by atoms with Gasteiger partial charge >= 0.3 is 0 Å². The highest BCUT2D eigenvalue weighted by molar-refractivity contribution is 4.81. The Kier molecular flexibility index (Phi) is 5.49. The molecule has 0 heterocycles. The Hall–Kier alpha value is -0.0800. The van der Waals surface area contributed by atoms with E-state index in [-0.39, 0.29) is 0 Å². The number of hydrogen-bond acceptors (Lipinski definition) is 2. The molecule has 1 N–H and O–H groups in total. The van der Waals surface area contributed by atoms with Crippen LogP contribution in [0.1, 0.15) is 40.0 Å². The summed E-state index contributed by atoms with van der Waals surface area (Å²) < 4.78 is 0. The Morgan fingerprint density at radius 2 is 2.07 bits per heavy atom. The van der Waals surface area contributed by atoms with Crippen LogP contribution in [0.4, 0.5) is 0 Å². The normalized spacial score (nSPS) is 18.9. The van der Waals surface area contributed by atoms with Gasteiger partial charge in [-0.3, -0.25) is 0 Å². The van der Waals surface area contributed by atoms with Crippen molar-refractivity contribution in [3.8, 4) is 0 Å². The molecule has 0 aromatic rings. The standard InChI is InChI=1S/C12H26N2/c1-4-11(3)10-14(5-2)9-8-13-12-6-7-12/h11-13H,4-10H2,1-3H3. The van der Waals surface area contributed by atoms with E-state index in [9.17, 15) is 0 Å². The maximum absolute atomic E-state index is 3.57. The van der Waals surface area contributed by atoms with Crippen molar-refractivity contribution in [3.63, 3.8) is 0 Å². The zero-order valence-electron chi connectivity index (χ0n) is 10.1. The molecule has 1 aliphatic rings. The molecule has 0 amide bonds. The molecule has 0 saturated heterocycles. The largest absolute Gasteiger partial charge is 0.313 e. The van der Waals surface area contributed by atoms with Crippen LogP contribution in [-0.4, -0.2) is 37.1 Å². The number of nitrogens with zero attached hydrogens (tertiary/aromatic N) is 1. The predicted molar refractivity (Wildman–Crippen MR) is 62.6 cm³/mol. The van der Waals surface area contributed by atoms with Crippen molar-refractivity contribution in [2.45, 2.75) is 46.1 Å². The van der Waals surface area contributed by atoms with Crippen molar-refractivity contribution in [1.29, 1.82) is 0 Å². The van der Waals surface area contributed by atoms with Crippen LogP contribution in [0.2, 0.25) is 0 Å². The maximum Gasteiger partial charge on any atom is 0.0107 e. The average Bonchev–Trinajstić information content (AvgIpc) is 2.99. The van der Waals surface area contributed by atoms with Gasteiger partial charge < -0.3 is 10.2 Å². The number of hydrogen-bond donors (Lipinski definition) is 1. The Bertz CT molecular complexity index is 143. The lowest BCUT2D eigenvalue weighted by Gasteiger charge is -2.23. The minimum Gasteiger partial charge on any atom is -0.313 e. The predicted octanol–water partition coefficient (Wildman–Crippen LogP) is 2.11. The van der Waals surface area contributed by atoms with Crippen LogP contribution in [0.3, 0.4) is 0 Å². The molecular formula is C12H26N2. The van der Waals surface area contributed by atoms with Crippen LogP contribution in [0.5, 0.6) is 0 Å². The highest BCUT2D eigenvalue weighted by Gasteiger charge is 2.20. The zero-order chi connectivity index (χ0) is 10.4. The van der Waals surface area contributed by atoms with Crippen molar-refractivity contribution in [2.75, 3.05) is 26.2 Å². The summed E-state index contributed by atoms with van der Waals surface area (Å²) >= 11 is 0. The summed E-state index contributed by atoms with van der Waals surface area (Å²) in [6.07, 6.45) is 4.10. The smallest absolute Gasteiger partial charge is 0.0107 e. The third-order valence-corrected chi connectivity index (χ3v) is 3.15. The van der Waals surface area contributed by atoms with Crippen molar-refractivity contribution < 1.29 is 0 Å². The van der Waals surface area contributed by atoms with Crippen LogP contribution >= 0.6 is 0 Å². The highest BCUT2D eigenvalue weighted by Crippen LogP contribution is 2.18. The van der Waals surface area contributed by atoms with Gasteiger partial charge in [0.05, 0.1) is 0 Å². The van der Waals surface area contributed by atoms with Crippen LogP contribution in [0, 0.1) is 5.92 Å². The van der Waals surface area contributed by atoms with Gasteiger partial charge in [0.25, 0.3) is 0 Å². The van der Waals surface area contributed by atoms with E-state index < -0.39 is 0 Å². The van der Waals surface area contributed by atoms with Gasteiger partial charge in [-0.1, -0.05) is 27.2 Å². The Morgan fingerprint density at radius 1 is 1.36 bits per heavy atom. The molecule has 2 heteroatoms. The fourth-order valence-corrected chi connectivity index (χ4v) is 1.66. The quantitative estimate of drug-likeness (QED) is 0.642. The second-order valence-corrected chi connectivity index (χ2v) is 4.64. The van der Waals surface area contributed by atoms with E-state index >= 15 is 0 Å². The third-order valence-electron chi connectivity index (χ3n) is 3.15. The molecule has 1 unspecified atom stereocenters. The first-order valence-corrected chi connectivity index (χ1v) is 6.22. The summed E-state index contributed by atoms with van der Waals surface area (Å²) in [6, 6.07) is 0.859. The lowest BCUT2D eigenvalue weighted by Crippen LogP contribution is -2.35. The van der Waals surface area contributed by atoms with Gasteiger partial charge in [0.2, 0.25) is 0 Å². The summed E-state index contributed by atoms with van der Waals surface area (Å²) in [5.74, 6) is 0.843. The summed E-state index contributed by atoms with van der Waals surface area (Å²) in [4.78, 5) is 2.56. The molecule has 0 aromatic heterocycles. The van der Waals surface area contributed by atoms with Crippen LogP contribution < -0.4 is 5.32 Å². The fraction of sp³-hybridized carbons (Fsp3) is 1.00. The second-order valence-electron chi connectivity index (χ2n) is 4.64. The third kappa shape index (κ3) is 4.97. The Balaban J connectivity index is 2.03. The van der Waals surface area contributed by atoms with Gasteiger partial charge in [-0.25, -0.2) is 0 Å². The molecule has 2 nitrogen and oxygen atoms in total. The topological polar surface area (TPSA) is 15.3 Å². The van der Waals surface area contributed by atoms with Crippen molar-refractivity contribution in [3.05, 3.63) is 0 Å². The van der Waals surface area contributed by atoms with Gasteiger partial charge in [0.15, 0.2) is 0 Å². The zero-order valence-corrected chi connectivity index (χ0v) is 10.1. The molecule has 1 aliphatic carbocycles. The van der Waals surface area contributed by atoms with Gasteiger partial charge in [-0.2, -0.15) is 0 Å². The first-order chi connectivity index (χ1) is 6.76. The molecule has 0 bridgehead atoms. The molecular weight excluding hydrogens is 172 g/mol. The monoisotopic (exact) mass is 198 g/mol. The minimum absolute atomic E-state index is 0.843. The lowest BCUT2D eigenvalue weighted by molar-refractivity contribution is 0.245. The first kappa shape index (κ1) is 12.0. The molecule has 0 aliphatic heterocycles. The van der Waals surface area contributed by atoms with E-state index in [1.54, 1.807) is 0 Å². The van der Waals surface area contributed by atoms with Crippen LogP contribution in [0.25, 0.3) is 0 Å². The number of nitrogens with one attached hydrogen (secondary N) is 1. The van der Waals surface area contributed by atoms with E-state index in [0.29, 0.717) is 0 Å². The number of rotatable bonds is 8. The first-order valence-electron chi connectivity index (χ1n) is 6.22. The van der Waals surface area contributed by atoms with Crippen molar-refractivity contribution >= 4 is 0 Å². The minimum atomic E-state index is 0.843. The lowest BCUT2D eigenvalue weighted by atomic mass is 10.1. The van der Waals surface area contributed by atoms with E-state index in [4.69, 9.17) is 0 Å². The van der Waals surface area contributed by atoms with E-state index in [1.807, 2.05) is 0 Å². The molecule has 1 fully saturated rings. The molecule has 0 radical (unpaired) electrons. The summed E-state index contributed by atoms with van der Waals surface area (Å²) in [5.41, 5.74) is 0. The fourth-order valence-electron chi connectivity index (χ4n) is 1.66. The van der Waals surface area contributed by atoms with Crippen molar-refractivity contribution in [1.82, 2.24) is 10.2 Å². The summed E-state index contributed by atoms with van der Waals surface area (Å²) in [6.45, 7) is 11.7. The molecule has 0 aromatic carbocycles. The van der Waals surface area contributed by atoms with E-state index in [0.717, 1.165) is 12.0 Å². The van der Waals surface area contributed by atoms with Gasteiger partial charge in [0, 0.05) is 25.7 Å². The van der Waals surface area contributed by atoms with Gasteiger partial charge in [0.1, 0.15) is 0 Å². The SMILES string of the molecule is CCC(C)CN(CC)CCNC1CC1. The van der Waals surface area contributed by atoms with Crippen molar-refractivity contribution in [2.24, 2.45) is 5.92 Å². The summed E-state index contributed by atoms with van der Waals surface area (Å²) in [5, 5.41) is 3.57. The second kappa shape index (κ2) is 6.41. The Morgan fingerprint density at radius 3 is 2.57 bits per heavy atom. The highest BCUT2D eigenvalue weighted by atomic mass is 15.1. The molecule has 84 valence electrons. The molecule has 14 heavy (non-hydrogen) atoms. The molecule has 0 spiro atoms. The molecule has 1 rings (SSSR count). The maximum atomic E-state index is 3.57. The van der Waals surface area contributed by atoms with E-state index in [1.165, 1.54) is 45.4 Å².